The van der Waals surface area contributed by atoms with Crippen molar-refractivity contribution < 1.29 is 0 Å². The van der Waals surface area contributed by atoms with E-state index < -0.39 is 0 Å². The van der Waals surface area contributed by atoms with Crippen molar-refractivity contribution in [2.75, 3.05) is 0 Å². The van der Waals surface area contributed by atoms with Gasteiger partial charge in [0, 0.05) is 4.83 Å². The zero-order valence-electron chi connectivity index (χ0n) is 12.3. The molecule has 0 aliphatic heterocycles. The van der Waals surface area contributed by atoms with Crippen LogP contribution in [0.15, 0.2) is 36.4 Å². The van der Waals surface area contributed by atoms with Crippen LogP contribution in [0.2, 0.25) is 10.0 Å². The summed E-state index contributed by atoms with van der Waals surface area (Å²) >= 11 is 15.8. The number of rotatable bonds is 5. The molecular weight excluding hydrogens is 367 g/mol. The average molecular weight is 386 g/mol. The van der Waals surface area contributed by atoms with Gasteiger partial charge >= 0.3 is 0 Å². The molecule has 0 N–H and O–H groups in total. The molecule has 0 nitrogen and oxygen atoms in total. The Morgan fingerprint density at radius 2 is 1.62 bits per heavy atom. The maximum absolute atomic E-state index is 6.08. The molecule has 0 aliphatic rings. The molecule has 0 amide bonds. The summed E-state index contributed by atoms with van der Waals surface area (Å²) in [7, 11) is 0. The fourth-order valence-corrected chi connectivity index (χ4v) is 3.49. The maximum atomic E-state index is 6.08. The van der Waals surface area contributed by atoms with Crippen LogP contribution in [0, 0.1) is 0 Å². The largest absolute Gasteiger partial charge is 0.0835 e. The molecule has 0 saturated carbocycles. The fourth-order valence-electron chi connectivity index (χ4n) is 2.51. The minimum Gasteiger partial charge on any atom is -0.0835 e. The quantitative estimate of drug-likeness (QED) is 0.496. The lowest BCUT2D eigenvalue weighted by molar-refractivity contribution is 0.934. The first kappa shape index (κ1) is 16.9. The zero-order valence-corrected chi connectivity index (χ0v) is 15.4. The Morgan fingerprint density at radius 1 is 0.905 bits per heavy atom. The molecular formula is C18H19BrCl2. The third-order valence-electron chi connectivity index (χ3n) is 3.75. The van der Waals surface area contributed by atoms with Crippen molar-refractivity contribution in [3.8, 4) is 0 Å². The van der Waals surface area contributed by atoms with E-state index in [1.165, 1.54) is 22.3 Å². The predicted molar refractivity (Wildman–Crippen MR) is 97.0 cm³/mol. The topological polar surface area (TPSA) is 0 Å². The molecule has 112 valence electrons. The fraction of sp³-hybridized carbons (Fsp3) is 0.333. The summed E-state index contributed by atoms with van der Waals surface area (Å²) in [6.45, 7) is 4.41. The van der Waals surface area contributed by atoms with E-state index in [2.05, 4.69) is 48.0 Å². The number of hydrogen-bond acceptors (Lipinski definition) is 0. The van der Waals surface area contributed by atoms with Crippen LogP contribution < -0.4 is 0 Å². The normalized spacial score (nSPS) is 12.4. The van der Waals surface area contributed by atoms with E-state index in [1.807, 2.05) is 18.2 Å². The number of benzene rings is 2. The van der Waals surface area contributed by atoms with Gasteiger partial charge in [-0.1, -0.05) is 77.2 Å². The summed E-state index contributed by atoms with van der Waals surface area (Å²) < 4.78 is 0. The Morgan fingerprint density at radius 3 is 2.24 bits per heavy atom. The minimum atomic E-state index is 0.283. The SMILES string of the molecule is CCc1ccc(C(Br)Cc2ccc(Cl)c(Cl)c2)cc1CC. The van der Waals surface area contributed by atoms with Crippen molar-refractivity contribution in [3.05, 3.63) is 68.7 Å². The van der Waals surface area contributed by atoms with Crippen molar-refractivity contribution in [3.63, 3.8) is 0 Å². The molecule has 0 radical (unpaired) electrons. The van der Waals surface area contributed by atoms with Crippen molar-refractivity contribution >= 4 is 39.1 Å². The average Bonchev–Trinajstić information content (AvgIpc) is 2.50. The zero-order chi connectivity index (χ0) is 15.4. The molecule has 0 aromatic heterocycles. The summed E-state index contributed by atoms with van der Waals surface area (Å²) in [5.74, 6) is 0. The van der Waals surface area contributed by atoms with Crippen LogP contribution in [0.25, 0.3) is 0 Å². The van der Waals surface area contributed by atoms with E-state index >= 15 is 0 Å². The van der Waals surface area contributed by atoms with E-state index in [0.29, 0.717) is 10.0 Å². The van der Waals surface area contributed by atoms with Gasteiger partial charge in [0.05, 0.1) is 10.0 Å². The second kappa shape index (κ2) is 7.67. The Hall–Kier alpha value is -0.500. The lowest BCUT2D eigenvalue weighted by Crippen LogP contribution is -1.99. The van der Waals surface area contributed by atoms with Crippen LogP contribution in [0.1, 0.15) is 40.9 Å². The van der Waals surface area contributed by atoms with Crippen molar-refractivity contribution in [1.82, 2.24) is 0 Å². The van der Waals surface area contributed by atoms with Gasteiger partial charge in [0.2, 0.25) is 0 Å². The predicted octanol–water partition coefficient (Wildman–Crippen LogP) is 6.80. The summed E-state index contributed by atoms with van der Waals surface area (Å²) in [4.78, 5) is 0.283. The van der Waals surface area contributed by atoms with Crippen LogP contribution in [-0.4, -0.2) is 0 Å². The third-order valence-corrected chi connectivity index (χ3v) is 5.34. The van der Waals surface area contributed by atoms with Gasteiger partial charge in [0.1, 0.15) is 0 Å². The lowest BCUT2D eigenvalue weighted by atomic mass is 9.97. The van der Waals surface area contributed by atoms with Crippen LogP contribution in [0.3, 0.4) is 0 Å². The number of alkyl halides is 1. The van der Waals surface area contributed by atoms with E-state index in [-0.39, 0.29) is 4.83 Å². The first-order chi connectivity index (χ1) is 10.0. The van der Waals surface area contributed by atoms with Crippen molar-refractivity contribution in [2.45, 2.75) is 37.9 Å². The van der Waals surface area contributed by atoms with Crippen LogP contribution in [0.4, 0.5) is 0 Å². The van der Waals surface area contributed by atoms with Gasteiger partial charge in [-0.15, -0.1) is 0 Å². The number of aryl methyl sites for hydroxylation is 2. The summed E-state index contributed by atoms with van der Waals surface area (Å²) in [6.07, 6.45) is 3.05. The standard InChI is InChI=1S/C18H19BrCl2/c1-3-13-6-7-15(11-14(13)4-2)16(19)9-12-5-8-17(20)18(21)10-12/h5-8,10-11,16H,3-4,9H2,1-2H3. The Kier molecular flexibility index (Phi) is 6.16. The molecule has 0 spiro atoms. The third kappa shape index (κ3) is 4.25. The highest BCUT2D eigenvalue weighted by Crippen LogP contribution is 2.31. The van der Waals surface area contributed by atoms with Gasteiger partial charge in [0.15, 0.2) is 0 Å². The van der Waals surface area contributed by atoms with Crippen LogP contribution in [-0.2, 0) is 19.3 Å². The van der Waals surface area contributed by atoms with E-state index in [4.69, 9.17) is 23.2 Å². The second-order valence-corrected chi connectivity index (χ2v) is 7.08. The van der Waals surface area contributed by atoms with Gasteiger partial charge < -0.3 is 0 Å². The summed E-state index contributed by atoms with van der Waals surface area (Å²) in [5.41, 5.74) is 5.38. The van der Waals surface area contributed by atoms with Gasteiger partial charge in [-0.05, 0) is 53.6 Å². The Balaban J connectivity index is 2.19. The Labute approximate surface area is 145 Å². The minimum absolute atomic E-state index is 0.283. The number of halogens is 3. The van der Waals surface area contributed by atoms with Gasteiger partial charge in [0.25, 0.3) is 0 Å². The van der Waals surface area contributed by atoms with E-state index in [1.54, 1.807) is 0 Å². The molecule has 0 bridgehead atoms. The van der Waals surface area contributed by atoms with Gasteiger partial charge in [-0.3, -0.25) is 0 Å². The van der Waals surface area contributed by atoms with Crippen molar-refractivity contribution in [1.29, 1.82) is 0 Å². The molecule has 0 heterocycles. The molecule has 0 fully saturated rings. The Bertz CT molecular complexity index is 623. The van der Waals surface area contributed by atoms with Crippen LogP contribution >= 0.6 is 39.1 Å². The molecule has 1 atom stereocenters. The van der Waals surface area contributed by atoms with Gasteiger partial charge in [-0.25, -0.2) is 0 Å². The van der Waals surface area contributed by atoms with Crippen LogP contribution in [0.5, 0.6) is 0 Å². The summed E-state index contributed by atoms with van der Waals surface area (Å²) in [5, 5.41) is 1.22. The highest BCUT2D eigenvalue weighted by atomic mass is 79.9. The summed E-state index contributed by atoms with van der Waals surface area (Å²) in [6, 6.07) is 12.6. The highest BCUT2D eigenvalue weighted by Gasteiger charge is 2.11. The molecule has 3 heteroatoms. The molecule has 0 aliphatic carbocycles. The van der Waals surface area contributed by atoms with Crippen molar-refractivity contribution in [2.24, 2.45) is 0 Å². The van der Waals surface area contributed by atoms with E-state index in [0.717, 1.165) is 19.3 Å². The first-order valence-electron chi connectivity index (χ1n) is 7.24. The van der Waals surface area contributed by atoms with Gasteiger partial charge in [-0.2, -0.15) is 0 Å². The second-order valence-electron chi connectivity index (χ2n) is 5.16. The van der Waals surface area contributed by atoms with E-state index in [9.17, 15) is 0 Å². The molecule has 2 rings (SSSR count). The highest BCUT2D eigenvalue weighted by molar-refractivity contribution is 9.09. The monoisotopic (exact) mass is 384 g/mol. The maximum Gasteiger partial charge on any atom is 0.0595 e. The molecule has 21 heavy (non-hydrogen) atoms. The smallest absolute Gasteiger partial charge is 0.0595 e. The molecule has 2 aromatic carbocycles. The lowest BCUT2D eigenvalue weighted by Gasteiger charge is -2.14. The first-order valence-corrected chi connectivity index (χ1v) is 8.92. The number of hydrogen-bond donors (Lipinski definition) is 0. The molecule has 1 unspecified atom stereocenters. The molecule has 0 saturated heterocycles. The molecule has 2 aromatic rings.